The fourth-order valence-electron chi connectivity index (χ4n) is 1.99. The van der Waals surface area contributed by atoms with E-state index in [-0.39, 0.29) is 11.3 Å². The highest BCUT2D eigenvalue weighted by atomic mass is 19.4. The Morgan fingerprint density at radius 1 is 1.43 bits per heavy atom. The number of halogens is 3. The number of nitrogens with two attached hydrogens (primary N) is 1. The zero-order valence-corrected chi connectivity index (χ0v) is 10.7. The van der Waals surface area contributed by atoms with Gasteiger partial charge in [-0.2, -0.15) is 13.2 Å². The molecule has 0 radical (unpaired) electrons. The third-order valence-corrected chi connectivity index (χ3v) is 2.92. The summed E-state index contributed by atoms with van der Waals surface area (Å²) < 4.78 is 42.7. The van der Waals surface area contributed by atoms with E-state index >= 15 is 0 Å². The lowest BCUT2D eigenvalue weighted by Crippen LogP contribution is -2.29. The predicted octanol–water partition coefficient (Wildman–Crippen LogP) is 1.83. The molecule has 1 aliphatic heterocycles. The molecule has 0 atom stereocenters. The Kier molecular flexibility index (Phi) is 3.92. The number of rotatable bonds is 3. The number of nitrogens with zero attached hydrogens (tertiary/aromatic N) is 1. The second-order valence-corrected chi connectivity index (χ2v) is 4.33. The van der Waals surface area contributed by atoms with Crippen molar-refractivity contribution in [2.45, 2.75) is 12.8 Å². The van der Waals surface area contributed by atoms with Gasteiger partial charge in [0.15, 0.2) is 0 Å². The molecular formula is C12H12F3N3O3. The summed E-state index contributed by atoms with van der Waals surface area (Å²) in [5.74, 6) is 0. The number of carbonyl (C=O) groups is 2. The average molecular weight is 303 g/mol. The molecule has 2 rings (SSSR count). The summed E-state index contributed by atoms with van der Waals surface area (Å²) in [7, 11) is 0. The van der Waals surface area contributed by atoms with Gasteiger partial charge in [0.25, 0.3) is 0 Å². The summed E-state index contributed by atoms with van der Waals surface area (Å²) in [5.41, 5.74) is 4.23. The van der Waals surface area contributed by atoms with Crippen molar-refractivity contribution < 1.29 is 27.5 Å². The molecule has 6 nitrogen and oxygen atoms in total. The van der Waals surface area contributed by atoms with Crippen LogP contribution in [0.5, 0.6) is 0 Å². The molecule has 0 aliphatic carbocycles. The Balaban J connectivity index is 2.38. The quantitative estimate of drug-likeness (QED) is 0.893. The molecule has 0 spiro atoms. The molecule has 0 aromatic heterocycles. The van der Waals surface area contributed by atoms with Gasteiger partial charge in [0.2, 0.25) is 0 Å². The van der Waals surface area contributed by atoms with Gasteiger partial charge >= 0.3 is 18.3 Å². The second kappa shape index (κ2) is 5.51. The summed E-state index contributed by atoms with van der Waals surface area (Å²) in [6.07, 6.45) is -5.64. The largest absolute Gasteiger partial charge is 0.445 e. The molecule has 9 heteroatoms. The van der Waals surface area contributed by atoms with E-state index in [9.17, 15) is 22.8 Å². The third-order valence-electron chi connectivity index (χ3n) is 2.92. The number of hydrogen-bond acceptors (Lipinski definition) is 3. The molecule has 0 saturated carbocycles. The van der Waals surface area contributed by atoms with E-state index < -0.39 is 30.5 Å². The maximum atomic E-state index is 12.7. The molecule has 1 aromatic rings. The smallest absolute Gasteiger partial charge is 0.416 e. The molecule has 3 N–H and O–H groups in total. The van der Waals surface area contributed by atoms with Crippen molar-refractivity contribution in [1.82, 2.24) is 5.32 Å². The van der Waals surface area contributed by atoms with Crippen LogP contribution >= 0.6 is 0 Å². The van der Waals surface area contributed by atoms with Crippen molar-refractivity contribution >= 4 is 17.8 Å². The highest BCUT2D eigenvalue weighted by Gasteiger charge is 2.32. The number of nitrogens with one attached hydrogen (secondary N) is 1. The van der Waals surface area contributed by atoms with Gasteiger partial charge < -0.3 is 15.8 Å². The van der Waals surface area contributed by atoms with Crippen LogP contribution in [0.2, 0.25) is 0 Å². The van der Waals surface area contributed by atoms with Crippen LogP contribution in [0.1, 0.15) is 11.1 Å². The van der Waals surface area contributed by atoms with E-state index in [2.05, 4.69) is 10.1 Å². The van der Waals surface area contributed by atoms with Crippen molar-refractivity contribution in [2.75, 3.05) is 18.0 Å². The molecule has 1 fully saturated rings. The molecular weight excluding hydrogens is 291 g/mol. The standard InChI is InChI=1S/C12H12F3N3O3/c13-12(14,15)8-1-2-9(18-4-3-17-11(18)20)7(5-8)6-21-10(16)19/h1-2,5H,3-4,6H2,(H2,16,19)(H,17,20). The van der Waals surface area contributed by atoms with Crippen LogP contribution in [-0.2, 0) is 17.5 Å². The number of amides is 3. The molecule has 1 aromatic carbocycles. The highest BCUT2D eigenvalue weighted by molar-refractivity contribution is 5.94. The predicted molar refractivity (Wildman–Crippen MR) is 66.6 cm³/mol. The number of benzene rings is 1. The van der Waals surface area contributed by atoms with Gasteiger partial charge in [0, 0.05) is 18.7 Å². The lowest BCUT2D eigenvalue weighted by Gasteiger charge is -2.20. The van der Waals surface area contributed by atoms with Crippen LogP contribution in [0, 0.1) is 0 Å². The van der Waals surface area contributed by atoms with Crippen LogP contribution < -0.4 is 16.0 Å². The normalized spacial score (nSPS) is 15.0. The molecule has 0 unspecified atom stereocenters. The van der Waals surface area contributed by atoms with Crippen molar-refractivity contribution in [1.29, 1.82) is 0 Å². The zero-order chi connectivity index (χ0) is 15.6. The van der Waals surface area contributed by atoms with Gasteiger partial charge in [-0.15, -0.1) is 0 Å². The van der Waals surface area contributed by atoms with Crippen molar-refractivity contribution in [3.05, 3.63) is 29.3 Å². The lowest BCUT2D eigenvalue weighted by atomic mass is 10.1. The lowest BCUT2D eigenvalue weighted by molar-refractivity contribution is -0.137. The van der Waals surface area contributed by atoms with Crippen molar-refractivity contribution in [3.63, 3.8) is 0 Å². The van der Waals surface area contributed by atoms with E-state index in [1.54, 1.807) is 0 Å². The van der Waals surface area contributed by atoms with Crippen molar-refractivity contribution in [2.24, 2.45) is 5.73 Å². The van der Waals surface area contributed by atoms with E-state index in [1.165, 1.54) is 11.0 Å². The summed E-state index contributed by atoms with van der Waals surface area (Å²) in [4.78, 5) is 23.5. The van der Waals surface area contributed by atoms with E-state index in [0.717, 1.165) is 12.1 Å². The van der Waals surface area contributed by atoms with Crippen LogP contribution in [0.4, 0.5) is 28.4 Å². The molecule has 21 heavy (non-hydrogen) atoms. The topological polar surface area (TPSA) is 84.7 Å². The monoisotopic (exact) mass is 303 g/mol. The van der Waals surface area contributed by atoms with Gasteiger partial charge in [-0.3, -0.25) is 4.90 Å². The Morgan fingerprint density at radius 2 is 2.14 bits per heavy atom. The van der Waals surface area contributed by atoms with E-state index in [0.29, 0.717) is 13.1 Å². The molecule has 1 heterocycles. The summed E-state index contributed by atoms with van der Waals surface area (Å²) in [6.45, 7) is 0.252. The van der Waals surface area contributed by atoms with E-state index in [1.807, 2.05) is 0 Å². The summed E-state index contributed by atoms with van der Waals surface area (Å²) in [6, 6.07) is 2.46. The van der Waals surface area contributed by atoms with Gasteiger partial charge in [-0.05, 0) is 18.2 Å². The number of urea groups is 1. The van der Waals surface area contributed by atoms with Crippen LogP contribution in [0.25, 0.3) is 0 Å². The molecule has 114 valence electrons. The Morgan fingerprint density at radius 3 is 2.67 bits per heavy atom. The van der Waals surface area contributed by atoms with Gasteiger partial charge in [-0.1, -0.05) is 0 Å². The number of primary amides is 1. The third kappa shape index (κ3) is 3.36. The first kappa shape index (κ1) is 14.9. The Hall–Kier alpha value is -2.45. The average Bonchev–Trinajstić information content (AvgIpc) is 2.81. The molecule has 1 saturated heterocycles. The van der Waals surface area contributed by atoms with Gasteiger partial charge in [-0.25, -0.2) is 9.59 Å². The number of carbonyl (C=O) groups excluding carboxylic acids is 2. The fourth-order valence-corrected chi connectivity index (χ4v) is 1.99. The zero-order valence-electron chi connectivity index (χ0n) is 10.7. The summed E-state index contributed by atoms with van der Waals surface area (Å²) in [5, 5.41) is 2.54. The maximum Gasteiger partial charge on any atom is 0.416 e. The number of alkyl halides is 3. The van der Waals surface area contributed by atoms with E-state index in [4.69, 9.17) is 5.73 Å². The van der Waals surface area contributed by atoms with Crippen molar-refractivity contribution in [3.8, 4) is 0 Å². The first-order chi connectivity index (χ1) is 9.79. The number of ether oxygens (including phenoxy) is 1. The van der Waals surface area contributed by atoms with Gasteiger partial charge in [0.05, 0.1) is 11.3 Å². The summed E-state index contributed by atoms with van der Waals surface area (Å²) >= 11 is 0. The van der Waals surface area contributed by atoms with Crippen LogP contribution in [-0.4, -0.2) is 25.2 Å². The van der Waals surface area contributed by atoms with Gasteiger partial charge in [0.1, 0.15) is 6.61 Å². The maximum absolute atomic E-state index is 12.7. The minimum atomic E-state index is -4.53. The molecule has 3 amide bonds. The first-order valence-corrected chi connectivity index (χ1v) is 5.97. The highest BCUT2D eigenvalue weighted by Crippen LogP contribution is 2.33. The SMILES string of the molecule is NC(=O)OCc1cc(C(F)(F)F)ccc1N1CCNC1=O. The minimum absolute atomic E-state index is 0.0562. The Labute approximate surface area is 117 Å². The molecule has 0 bridgehead atoms. The van der Waals surface area contributed by atoms with Crippen LogP contribution in [0.15, 0.2) is 18.2 Å². The minimum Gasteiger partial charge on any atom is -0.445 e. The number of hydrogen-bond donors (Lipinski definition) is 2. The first-order valence-electron chi connectivity index (χ1n) is 5.97. The fraction of sp³-hybridized carbons (Fsp3) is 0.333. The Bertz CT molecular complexity index is 575. The number of anilines is 1. The molecule has 1 aliphatic rings. The van der Waals surface area contributed by atoms with Crippen LogP contribution in [0.3, 0.4) is 0 Å². The second-order valence-electron chi connectivity index (χ2n) is 4.33.